The first-order valence-electron chi connectivity index (χ1n) is 6.47. The Morgan fingerprint density at radius 3 is 2.13 bits per heavy atom. The quantitative estimate of drug-likeness (QED) is 0.771. The van der Waals surface area contributed by atoms with Crippen LogP contribution in [0.1, 0.15) is 44.9 Å². The maximum atomic E-state index is 9.69. The van der Waals surface area contributed by atoms with E-state index in [9.17, 15) is 5.11 Å². The van der Waals surface area contributed by atoms with Crippen LogP contribution >= 0.6 is 0 Å². The molecule has 2 rings (SSSR count). The minimum atomic E-state index is 0.249. The van der Waals surface area contributed by atoms with E-state index < -0.39 is 0 Å². The standard InChI is InChI=1S/C13H25NO/c1-14(2)12(11-6-3-4-7-11)13(10-15)8-5-9-13/h11-12,15H,3-10H2,1-2H3. The Kier molecular flexibility index (Phi) is 3.36. The van der Waals surface area contributed by atoms with E-state index in [0.717, 1.165) is 5.92 Å². The third-order valence-electron chi connectivity index (χ3n) is 4.69. The molecule has 15 heavy (non-hydrogen) atoms. The molecule has 0 aliphatic heterocycles. The molecule has 1 unspecified atom stereocenters. The molecule has 1 atom stereocenters. The minimum Gasteiger partial charge on any atom is -0.396 e. The Bertz CT molecular complexity index is 199. The molecule has 0 aromatic rings. The summed E-state index contributed by atoms with van der Waals surface area (Å²) in [5, 5.41) is 9.69. The lowest BCUT2D eigenvalue weighted by Crippen LogP contribution is -2.54. The van der Waals surface area contributed by atoms with Gasteiger partial charge in [-0.05, 0) is 45.7 Å². The maximum Gasteiger partial charge on any atom is 0.0502 e. The molecule has 0 spiro atoms. The van der Waals surface area contributed by atoms with E-state index in [-0.39, 0.29) is 5.41 Å². The van der Waals surface area contributed by atoms with Gasteiger partial charge >= 0.3 is 0 Å². The lowest BCUT2D eigenvalue weighted by molar-refractivity contribution is -0.0525. The summed E-state index contributed by atoms with van der Waals surface area (Å²) < 4.78 is 0. The molecular formula is C13H25NO. The van der Waals surface area contributed by atoms with E-state index >= 15 is 0 Å². The van der Waals surface area contributed by atoms with Crippen molar-refractivity contribution in [3.05, 3.63) is 0 Å². The van der Waals surface area contributed by atoms with Gasteiger partial charge in [-0.2, -0.15) is 0 Å². The highest BCUT2D eigenvalue weighted by Crippen LogP contribution is 2.50. The van der Waals surface area contributed by atoms with Gasteiger partial charge in [-0.15, -0.1) is 0 Å². The number of hydrogen-bond donors (Lipinski definition) is 1. The molecule has 0 aromatic heterocycles. The van der Waals surface area contributed by atoms with Crippen molar-refractivity contribution in [2.75, 3.05) is 20.7 Å². The van der Waals surface area contributed by atoms with E-state index in [4.69, 9.17) is 0 Å². The van der Waals surface area contributed by atoms with Gasteiger partial charge in [0.2, 0.25) is 0 Å². The second kappa shape index (κ2) is 4.42. The number of aliphatic hydroxyl groups is 1. The van der Waals surface area contributed by atoms with E-state index in [1.165, 1.54) is 44.9 Å². The Balaban J connectivity index is 2.10. The van der Waals surface area contributed by atoms with Crippen LogP contribution in [-0.2, 0) is 0 Å². The van der Waals surface area contributed by atoms with Crippen molar-refractivity contribution in [1.29, 1.82) is 0 Å². The summed E-state index contributed by atoms with van der Waals surface area (Å²) in [7, 11) is 4.39. The molecule has 0 aromatic carbocycles. The van der Waals surface area contributed by atoms with Gasteiger partial charge < -0.3 is 10.0 Å². The fourth-order valence-corrected chi connectivity index (χ4v) is 3.92. The number of hydrogen-bond acceptors (Lipinski definition) is 2. The zero-order chi connectivity index (χ0) is 10.9. The predicted octanol–water partition coefficient (Wildman–Crippen LogP) is 2.27. The predicted molar refractivity (Wildman–Crippen MR) is 62.8 cm³/mol. The zero-order valence-electron chi connectivity index (χ0n) is 10.2. The highest BCUT2D eigenvalue weighted by atomic mass is 16.3. The molecule has 0 amide bonds. The van der Waals surface area contributed by atoms with Crippen molar-refractivity contribution in [2.24, 2.45) is 11.3 Å². The van der Waals surface area contributed by atoms with Crippen LogP contribution in [-0.4, -0.2) is 36.8 Å². The summed E-state index contributed by atoms with van der Waals surface area (Å²) in [5.41, 5.74) is 0.249. The summed E-state index contributed by atoms with van der Waals surface area (Å²) in [6.45, 7) is 0.395. The average Bonchev–Trinajstić information content (AvgIpc) is 2.62. The van der Waals surface area contributed by atoms with Gasteiger partial charge in [0.05, 0.1) is 6.61 Å². The maximum absolute atomic E-state index is 9.69. The van der Waals surface area contributed by atoms with Gasteiger partial charge in [0.25, 0.3) is 0 Å². The van der Waals surface area contributed by atoms with Crippen LogP contribution in [0.4, 0.5) is 0 Å². The lowest BCUT2D eigenvalue weighted by Gasteiger charge is -2.51. The smallest absolute Gasteiger partial charge is 0.0502 e. The SMILES string of the molecule is CN(C)C(C1CCCC1)C1(CO)CCC1. The summed E-state index contributed by atoms with van der Waals surface area (Å²) >= 11 is 0. The molecule has 0 heterocycles. The molecule has 2 aliphatic carbocycles. The van der Waals surface area contributed by atoms with Crippen LogP contribution in [0.5, 0.6) is 0 Å². The van der Waals surface area contributed by atoms with Crippen LogP contribution in [0.15, 0.2) is 0 Å². The van der Waals surface area contributed by atoms with Crippen molar-refractivity contribution >= 4 is 0 Å². The van der Waals surface area contributed by atoms with Crippen molar-refractivity contribution in [3.8, 4) is 0 Å². The molecule has 2 aliphatic rings. The average molecular weight is 211 g/mol. The Morgan fingerprint density at radius 1 is 1.20 bits per heavy atom. The van der Waals surface area contributed by atoms with Crippen LogP contribution < -0.4 is 0 Å². The molecule has 0 radical (unpaired) electrons. The van der Waals surface area contributed by atoms with Gasteiger partial charge in [0, 0.05) is 11.5 Å². The van der Waals surface area contributed by atoms with Gasteiger partial charge in [-0.1, -0.05) is 19.3 Å². The van der Waals surface area contributed by atoms with Crippen molar-refractivity contribution in [1.82, 2.24) is 4.90 Å². The number of rotatable bonds is 4. The monoisotopic (exact) mass is 211 g/mol. The van der Waals surface area contributed by atoms with E-state index in [1.54, 1.807) is 0 Å². The topological polar surface area (TPSA) is 23.5 Å². The number of aliphatic hydroxyl groups excluding tert-OH is 1. The molecule has 0 bridgehead atoms. The molecular weight excluding hydrogens is 186 g/mol. The van der Waals surface area contributed by atoms with E-state index in [0.29, 0.717) is 12.6 Å². The third-order valence-corrected chi connectivity index (χ3v) is 4.69. The highest BCUT2D eigenvalue weighted by molar-refractivity contribution is 5.00. The Morgan fingerprint density at radius 2 is 1.80 bits per heavy atom. The summed E-state index contributed by atoms with van der Waals surface area (Å²) in [4.78, 5) is 2.38. The lowest BCUT2D eigenvalue weighted by atomic mass is 9.61. The summed E-state index contributed by atoms with van der Waals surface area (Å²) in [6, 6.07) is 0.624. The summed E-state index contributed by atoms with van der Waals surface area (Å²) in [6.07, 6.45) is 9.35. The second-order valence-electron chi connectivity index (χ2n) is 5.83. The molecule has 2 heteroatoms. The fourth-order valence-electron chi connectivity index (χ4n) is 3.92. The van der Waals surface area contributed by atoms with Crippen LogP contribution in [0.3, 0.4) is 0 Å². The largest absolute Gasteiger partial charge is 0.396 e. The first-order valence-corrected chi connectivity index (χ1v) is 6.47. The highest BCUT2D eigenvalue weighted by Gasteiger charge is 2.48. The normalized spacial score (nSPS) is 28.0. The van der Waals surface area contributed by atoms with Crippen LogP contribution in [0.2, 0.25) is 0 Å². The fraction of sp³-hybridized carbons (Fsp3) is 1.00. The van der Waals surface area contributed by atoms with Gasteiger partial charge in [-0.3, -0.25) is 0 Å². The van der Waals surface area contributed by atoms with Crippen molar-refractivity contribution in [3.63, 3.8) is 0 Å². The molecule has 1 N–H and O–H groups in total. The van der Waals surface area contributed by atoms with Gasteiger partial charge in [-0.25, -0.2) is 0 Å². The van der Waals surface area contributed by atoms with E-state index in [2.05, 4.69) is 19.0 Å². The molecule has 88 valence electrons. The van der Waals surface area contributed by atoms with Crippen molar-refractivity contribution in [2.45, 2.75) is 51.0 Å². The van der Waals surface area contributed by atoms with Crippen LogP contribution in [0, 0.1) is 11.3 Å². The second-order valence-corrected chi connectivity index (χ2v) is 5.83. The Hall–Kier alpha value is -0.0800. The summed E-state index contributed by atoms with van der Waals surface area (Å²) in [5.74, 6) is 0.840. The number of nitrogens with zero attached hydrogens (tertiary/aromatic N) is 1. The van der Waals surface area contributed by atoms with Gasteiger partial charge in [0.1, 0.15) is 0 Å². The Labute approximate surface area is 93.7 Å². The van der Waals surface area contributed by atoms with E-state index in [1.807, 2.05) is 0 Å². The van der Waals surface area contributed by atoms with Gasteiger partial charge in [0.15, 0.2) is 0 Å². The first-order chi connectivity index (χ1) is 7.19. The third kappa shape index (κ3) is 1.94. The van der Waals surface area contributed by atoms with Crippen LogP contribution in [0.25, 0.3) is 0 Å². The molecule has 2 nitrogen and oxygen atoms in total. The molecule has 2 saturated carbocycles. The minimum absolute atomic E-state index is 0.249. The van der Waals surface area contributed by atoms with Crippen molar-refractivity contribution < 1.29 is 5.11 Å². The zero-order valence-corrected chi connectivity index (χ0v) is 10.2. The first kappa shape index (κ1) is 11.4. The molecule has 2 fully saturated rings. The molecule has 0 saturated heterocycles.